The molecule has 0 aromatic heterocycles. The molecule has 0 fully saturated rings. The third kappa shape index (κ3) is 6.87. The van der Waals surface area contributed by atoms with Crippen LogP contribution < -0.4 is 10.6 Å². The van der Waals surface area contributed by atoms with Crippen LogP contribution in [0.2, 0.25) is 0 Å². The minimum atomic E-state index is -1.62. The van der Waals surface area contributed by atoms with Gasteiger partial charge >= 0.3 is 17.9 Å². The number of esters is 2. The van der Waals surface area contributed by atoms with Gasteiger partial charge in [-0.1, -0.05) is 37.3 Å². The van der Waals surface area contributed by atoms with Crippen molar-refractivity contribution in [3.63, 3.8) is 0 Å². The van der Waals surface area contributed by atoms with Crippen molar-refractivity contribution in [2.45, 2.75) is 32.4 Å². The van der Waals surface area contributed by atoms with Crippen LogP contribution in [0, 0.1) is 11.8 Å². The van der Waals surface area contributed by atoms with Crippen molar-refractivity contribution in [2.24, 2.45) is 11.8 Å². The van der Waals surface area contributed by atoms with Crippen molar-refractivity contribution < 1.29 is 38.6 Å². The normalized spacial score (nSPS) is 13.5. The molecule has 0 saturated carbocycles. The molecule has 0 saturated heterocycles. The number of carbonyl (C=O) groups is 5. The van der Waals surface area contributed by atoms with Crippen molar-refractivity contribution in [2.75, 3.05) is 14.2 Å². The number of hydrogen-bond acceptors (Lipinski definition) is 7. The Morgan fingerprint density at radius 3 is 1.93 bits per heavy atom. The summed E-state index contributed by atoms with van der Waals surface area (Å²) in [6.07, 6.45) is 0.115. The van der Waals surface area contributed by atoms with Gasteiger partial charge in [0.1, 0.15) is 12.1 Å². The molecule has 0 unspecified atom stereocenters. The summed E-state index contributed by atoms with van der Waals surface area (Å²) in [5, 5.41) is 14.4. The number of amides is 2. The van der Waals surface area contributed by atoms with Gasteiger partial charge in [-0.05, 0) is 5.56 Å². The third-order valence-electron chi connectivity index (χ3n) is 4.50. The quantitative estimate of drug-likeness (QED) is 0.350. The molecule has 1 aromatic rings. The van der Waals surface area contributed by atoms with Gasteiger partial charge in [0.25, 0.3) is 0 Å². The smallest absolute Gasteiger partial charge is 0.326 e. The molecule has 0 spiro atoms. The van der Waals surface area contributed by atoms with Crippen molar-refractivity contribution in [3.05, 3.63) is 35.9 Å². The molecule has 3 N–H and O–H groups in total. The second kappa shape index (κ2) is 11.5. The number of ether oxygens (including phenoxy) is 2. The monoisotopic (exact) mass is 422 g/mol. The zero-order valence-corrected chi connectivity index (χ0v) is 17.2. The Morgan fingerprint density at radius 2 is 1.50 bits per heavy atom. The topological polar surface area (TPSA) is 148 Å². The first-order chi connectivity index (χ1) is 14.1. The van der Waals surface area contributed by atoms with Crippen LogP contribution in [-0.4, -0.2) is 61.1 Å². The molecule has 3 atom stereocenters. The molecule has 10 heteroatoms. The highest BCUT2D eigenvalue weighted by molar-refractivity contribution is 5.97. The van der Waals surface area contributed by atoms with Gasteiger partial charge in [-0.3, -0.25) is 19.2 Å². The van der Waals surface area contributed by atoms with E-state index in [1.807, 2.05) is 0 Å². The predicted molar refractivity (Wildman–Crippen MR) is 104 cm³/mol. The molecular weight excluding hydrogens is 396 g/mol. The highest BCUT2D eigenvalue weighted by Gasteiger charge is 2.42. The van der Waals surface area contributed by atoms with Crippen molar-refractivity contribution in [1.82, 2.24) is 10.6 Å². The standard InChI is InChI=1S/C20H26N2O8/c1-11(15(19(27)29-3)20(28)30-4)16(18(25)26)22-17(24)14(21-12(2)23)10-13-8-6-5-7-9-13/h5-9,11,14-16H,10H2,1-4H3,(H,21,23)(H,22,24)(H,25,26)/t11-,14-,16-/m0/s1. The van der Waals surface area contributed by atoms with Crippen LogP contribution in [-0.2, 0) is 39.9 Å². The SMILES string of the molecule is COC(=O)C(C(=O)OC)[C@H](C)[C@H](NC(=O)[C@H](Cc1ccccc1)NC(C)=O)C(=O)O. The maximum atomic E-state index is 12.8. The fraction of sp³-hybridized carbons (Fsp3) is 0.450. The third-order valence-corrected chi connectivity index (χ3v) is 4.50. The number of carboxylic acids is 1. The molecule has 10 nitrogen and oxygen atoms in total. The van der Waals surface area contributed by atoms with Gasteiger partial charge in [-0.15, -0.1) is 0 Å². The lowest BCUT2D eigenvalue weighted by Gasteiger charge is -2.27. The molecule has 0 radical (unpaired) electrons. The van der Waals surface area contributed by atoms with Crippen molar-refractivity contribution >= 4 is 29.7 Å². The number of aliphatic carboxylic acids is 1. The van der Waals surface area contributed by atoms with Crippen LogP contribution >= 0.6 is 0 Å². The molecule has 0 aliphatic heterocycles. The molecule has 2 amide bonds. The highest BCUT2D eigenvalue weighted by Crippen LogP contribution is 2.20. The van der Waals surface area contributed by atoms with E-state index in [-0.39, 0.29) is 6.42 Å². The minimum Gasteiger partial charge on any atom is -0.480 e. The first-order valence-corrected chi connectivity index (χ1v) is 9.12. The van der Waals surface area contributed by atoms with Crippen LogP contribution in [0.15, 0.2) is 30.3 Å². The summed E-state index contributed by atoms with van der Waals surface area (Å²) in [5.41, 5.74) is 0.744. The van der Waals surface area contributed by atoms with E-state index in [0.29, 0.717) is 0 Å². The first kappa shape index (κ1) is 24.6. The Labute approximate surface area is 173 Å². The second-order valence-electron chi connectivity index (χ2n) is 6.65. The molecule has 0 heterocycles. The number of carboxylic acid groups (broad SMARTS) is 1. The second-order valence-corrected chi connectivity index (χ2v) is 6.65. The fourth-order valence-electron chi connectivity index (χ4n) is 2.95. The van der Waals surface area contributed by atoms with Crippen molar-refractivity contribution in [1.29, 1.82) is 0 Å². The fourth-order valence-corrected chi connectivity index (χ4v) is 2.95. The lowest BCUT2D eigenvalue weighted by molar-refractivity contribution is -0.163. The molecule has 0 aliphatic carbocycles. The number of nitrogens with one attached hydrogen (secondary N) is 2. The predicted octanol–water partition coefficient (Wildman–Crippen LogP) is -0.0985. The molecule has 0 bridgehead atoms. The van der Waals surface area contributed by atoms with Gasteiger partial charge in [0, 0.05) is 19.3 Å². The van der Waals surface area contributed by atoms with E-state index in [1.54, 1.807) is 30.3 Å². The van der Waals surface area contributed by atoms with Gasteiger partial charge in [0.2, 0.25) is 11.8 Å². The van der Waals surface area contributed by atoms with Crippen LogP contribution in [0.4, 0.5) is 0 Å². The number of rotatable bonds is 10. The summed E-state index contributed by atoms with van der Waals surface area (Å²) >= 11 is 0. The van der Waals surface area contributed by atoms with E-state index in [2.05, 4.69) is 20.1 Å². The zero-order valence-electron chi connectivity index (χ0n) is 17.2. The summed E-state index contributed by atoms with van der Waals surface area (Å²) in [6, 6.07) is 6.14. The molecule has 30 heavy (non-hydrogen) atoms. The van der Waals surface area contributed by atoms with Crippen LogP contribution in [0.25, 0.3) is 0 Å². The molecule has 164 valence electrons. The average molecular weight is 422 g/mol. The van der Waals surface area contributed by atoms with Gasteiger partial charge in [0.15, 0.2) is 5.92 Å². The summed E-state index contributed by atoms with van der Waals surface area (Å²) in [5.74, 6) is -7.45. The number of benzene rings is 1. The van der Waals surface area contributed by atoms with Gasteiger partial charge < -0.3 is 25.2 Å². The van der Waals surface area contributed by atoms with E-state index in [1.165, 1.54) is 13.8 Å². The number of hydrogen-bond donors (Lipinski definition) is 3. The van der Waals surface area contributed by atoms with Crippen molar-refractivity contribution in [3.8, 4) is 0 Å². The maximum Gasteiger partial charge on any atom is 0.326 e. The number of carbonyl (C=O) groups excluding carboxylic acids is 4. The van der Waals surface area contributed by atoms with E-state index in [4.69, 9.17) is 0 Å². The number of methoxy groups -OCH3 is 2. The average Bonchev–Trinajstić information content (AvgIpc) is 2.71. The maximum absolute atomic E-state index is 12.8. The Hall–Kier alpha value is -3.43. The first-order valence-electron chi connectivity index (χ1n) is 9.12. The zero-order chi connectivity index (χ0) is 22.8. The Balaban J connectivity index is 3.11. The van der Waals surface area contributed by atoms with Gasteiger partial charge in [-0.2, -0.15) is 0 Å². The lowest BCUT2D eigenvalue weighted by atomic mass is 9.87. The Bertz CT molecular complexity index is 764. The van der Waals surface area contributed by atoms with E-state index in [0.717, 1.165) is 19.8 Å². The van der Waals surface area contributed by atoms with Gasteiger partial charge in [0.05, 0.1) is 14.2 Å². The van der Waals surface area contributed by atoms with Crippen LogP contribution in [0.1, 0.15) is 19.4 Å². The highest BCUT2D eigenvalue weighted by atomic mass is 16.5. The summed E-state index contributed by atoms with van der Waals surface area (Å²) < 4.78 is 9.14. The molecule has 0 aliphatic rings. The van der Waals surface area contributed by atoms with Crippen LogP contribution in [0.5, 0.6) is 0 Å². The summed E-state index contributed by atoms with van der Waals surface area (Å²) in [6.45, 7) is 2.54. The summed E-state index contributed by atoms with van der Waals surface area (Å²) in [4.78, 5) is 60.1. The van der Waals surface area contributed by atoms with E-state index >= 15 is 0 Å². The molecular formula is C20H26N2O8. The summed E-state index contributed by atoms with van der Waals surface area (Å²) in [7, 11) is 2.10. The van der Waals surface area contributed by atoms with Gasteiger partial charge in [-0.25, -0.2) is 4.79 Å². The minimum absolute atomic E-state index is 0.115. The molecule has 1 rings (SSSR count). The van der Waals surface area contributed by atoms with E-state index in [9.17, 15) is 29.1 Å². The van der Waals surface area contributed by atoms with Crippen LogP contribution in [0.3, 0.4) is 0 Å². The lowest BCUT2D eigenvalue weighted by Crippen LogP contribution is -2.56. The Morgan fingerprint density at radius 1 is 0.967 bits per heavy atom. The van der Waals surface area contributed by atoms with E-state index < -0.39 is 53.6 Å². The largest absolute Gasteiger partial charge is 0.480 e. The Kier molecular flexibility index (Phi) is 9.47. The molecule has 1 aromatic carbocycles.